The molecule has 2 aromatic heterocycles. The predicted octanol–water partition coefficient (Wildman–Crippen LogP) is 3.34. The smallest absolute Gasteiger partial charge is 0.303 e. The number of methoxy groups -OCH3 is 1. The first kappa shape index (κ1) is 15.1. The number of hydrogen-bond donors (Lipinski definition) is 1. The van der Waals surface area contributed by atoms with Gasteiger partial charge in [-0.25, -0.2) is 4.98 Å². The average Bonchev–Trinajstić information content (AvgIpc) is 2.90. The predicted molar refractivity (Wildman–Crippen MR) is 87.9 cm³/mol. The molecule has 1 aromatic carbocycles. The molecule has 0 aliphatic carbocycles. The van der Waals surface area contributed by atoms with Crippen LogP contribution in [0.25, 0.3) is 16.9 Å². The molecule has 0 aliphatic rings. The SMILES string of the molecule is COc1ccccc1-c1nc2ccc(C)cn2c1CCC(=O)O. The van der Waals surface area contributed by atoms with Gasteiger partial charge in [0.2, 0.25) is 0 Å². The molecular formula is C18H18N2O3. The molecule has 118 valence electrons. The highest BCUT2D eigenvalue weighted by molar-refractivity contribution is 5.73. The van der Waals surface area contributed by atoms with Gasteiger partial charge in [0, 0.05) is 18.2 Å². The summed E-state index contributed by atoms with van der Waals surface area (Å²) in [5.74, 6) is -0.0946. The molecular weight excluding hydrogens is 292 g/mol. The van der Waals surface area contributed by atoms with Gasteiger partial charge in [0.1, 0.15) is 11.4 Å². The number of pyridine rings is 1. The van der Waals surface area contributed by atoms with Crippen LogP contribution in [0.3, 0.4) is 0 Å². The highest BCUT2D eigenvalue weighted by Gasteiger charge is 2.17. The number of ether oxygens (including phenoxy) is 1. The minimum Gasteiger partial charge on any atom is -0.496 e. The van der Waals surface area contributed by atoms with E-state index in [4.69, 9.17) is 14.8 Å². The number of rotatable bonds is 5. The fraction of sp³-hybridized carbons (Fsp3) is 0.222. The van der Waals surface area contributed by atoms with Gasteiger partial charge in [-0.1, -0.05) is 18.2 Å². The molecule has 0 radical (unpaired) electrons. The Labute approximate surface area is 134 Å². The van der Waals surface area contributed by atoms with Crippen LogP contribution < -0.4 is 4.74 Å². The molecule has 0 unspecified atom stereocenters. The summed E-state index contributed by atoms with van der Waals surface area (Å²) in [6.07, 6.45) is 2.45. The summed E-state index contributed by atoms with van der Waals surface area (Å²) in [7, 11) is 1.62. The largest absolute Gasteiger partial charge is 0.496 e. The molecule has 0 saturated heterocycles. The van der Waals surface area contributed by atoms with E-state index in [2.05, 4.69) is 0 Å². The zero-order valence-electron chi connectivity index (χ0n) is 13.1. The van der Waals surface area contributed by atoms with Crippen LogP contribution in [0.15, 0.2) is 42.6 Å². The number of hydrogen-bond acceptors (Lipinski definition) is 3. The second-order valence-corrected chi connectivity index (χ2v) is 5.44. The number of carboxylic acid groups (broad SMARTS) is 1. The van der Waals surface area contributed by atoms with E-state index in [-0.39, 0.29) is 6.42 Å². The van der Waals surface area contributed by atoms with Crippen LogP contribution in [0, 0.1) is 6.92 Å². The Morgan fingerprint density at radius 2 is 2.04 bits per heavy atom. The van der Waals surface area contributed by atoms with Crippen molar-refractivity contribution in [2.45, 2.75) is 19.8 Å². The number of aliphatic carboxylic acids is 1. The van der Waals surface area contributed by atoms with Crippen molar-refractivity contribution in [3.8, 4) is 17.0 Å². The van der Waals surface area contributed by atoms with Gasteiger partial charge >= 0.3 is 5.97 Å². The molecule has 0 spiro atoms. The number of aromatic nitrogens is 2. The monoisotopic (exact) mass is 310 g/mol. The lowest BCUT2D eigenvalue weighted by Gasteiger charge is -2.08. The maximum Gasteiger partial charge on any atom is 0.303 e. The molecule has 23 heavy (non-hydrogen) atoms. The van der Waals surface area contributed by atoms with Gasteiger partial charge in [0.25, 0.3) is 0 Å². The molecule has 3 rings (SSSR count). The van der Waals surface area contributed by atoms with Crippen LogP contribution >= 0.6 is 0 Å². The van der Waals surface area contributed by atoms with Crippen molar-refractivity contribution in [1.82, 2.24) is 9.38 Å². The third-order valence-electron chi connectivity index (χ3n) is 3.80. The third kappa shape index (κ3) is 2.90. The van der Waals surface area contributed by atoms with Gasteiger partial charge in [-0.2, -0.15) is 0 Å². The van der Waals surface area contributed by atoms with Crippen molar-refractivity contribution >= 4 is 11.6 Å². The number of carboxylic acids is 1. The van der Waals surface area contributed by atoms with Gasteiger partial charge in [-0.15, -0.1) is 0 Å². The van der Waals surface area contributed by atoms with Crippen LogP contribution in [0.5, 0.6) is 5.75 Å². The number of carbonyl (C=O) groups is 1. The summed E-state index contributed by atoms with van der Waals surface area (Å²) in [6.45, 7) is 2.00. The zero-order valence-corrected chi connectivity index (χ0v) is 13.1. The van der Waals surface area contributed by atoms with E-state index < -0.39 is 5.97 Å². The molecule has 0 fully saturated rings. The fourth-order valence-corrected chi connectivity index (χ4v) is 2.72. The highest BCUT2D eigenvalue weighted by atomic mass is 16.5. The first-order valence-electron chi connectivity index (χ1n) is 7.43. The second kappa shape index (κ2) is 6.12. The third-order valence-corrected chi connectivity index (χ3v) is 3.80. The standard InChI is InChI=1S/C18H18N2O3/c1-12-7-9-16-19-18(13-5-3-4-6-15(13)23-2)14(20(16)11-12)8-10-17(21)22/h3-7,9,11H,8,10H2,1-2H3,(H,21,22). The minimum absolute atomic E-state index is 0.0594. The van der Waals surface area contributed by atoms with Crippen LogP contribution in [0.4, 0.5) is 0 Å². The van der Waals surface area contributed by atoms with Crippen molar-refractivity contribution in [3.63, 3.8) is 0 Å². The summed E-state index contributed by atoms with van der Waals surface area (Å²) in [5.41, 5.74) is 4.43. The van der Waals surface area contributed by atoms with E-state index in [0.717, 1.165) is 33.9 Å². The molecule has 0 atom stereocenters. The zero-order chi connectivity index (χ0) is 16.4. The molecule has 0 saturated carbocycles. The number of benzene rings is 1. The Kier molecular flexibility index (Phi) is 4.02. The first-order valence-corrected chi connectivity index (χ1v) is 7.43. The first-order chi connectivity index (χ1) is 11.1. The maximum atomic E-state index is 11.0. The number of nitrogens with zero attached hydrogens (tertiary/aromatic N) is 2. The molecule has 1 N–H and O–H groups in total. The van der Waals surface area contributed by atoms with E-state index in [1.165, 1.54) is 0 Å². The second-order valence-electron chi connectivity index (χ2n) is 5.44. The summed E-state index contributed by atoms with van der Waals surface area (Å²) in [4.78, 5) is 15.7. The number of aryl methyl sites for hydroxylation is 2. The van der Waals surface area contributed by atoms with Gasteiger partial charge in [0.05, 0.1) is 24.9 Å². The Bertz CT molecular complexity index is 868. The van der Waals surface area contributed by atoms with Crippen LogP contribution in [0.1, 0.15) is 17.7 Å². The molecule has 2 heterocycles. The molecule has 0 aliphatic heterocycles. The molecule has 0 bridgehead atoms. The Hall–Kier alpha value is -2.82. The normalized spacial score (nSPS) is 10.9. The van der Waals surface area contributed by atoms with E-state index >= 15 is 0 Å². The summed E-state index contributed by atoms with van der Waals surface area (Å²) in [6, 6.07) is 11.6. The van der Waals surface area contributed by atoms with Gasteiger partial charge in [-0.3, -0.25) is 4.79 Å². The topological polar surface area (TPSA) is 63.8 Å². The number of imidazole rings is 1. The Morgan fingerprint density at radius 1 is 1.26 bits per heavy atom. The molecule has 3 aromatic rings. The van der Waals surface area contributed by atoms with Crippen LogP contribution in [-0.4, -0.2) is 27.6 Å². The van der Waals surface area contributed by atoms with Crippen LogP contribution in [0.2, 0.25) is 0 Å². The van der Waals surface area contributed by atoms with Gasteiger partial charge < -0.3 is 14.2 Å². The van der Waals surface area contributed by atoms with Crippen molar-refractivity contribution in [2.75, 3.05) is 7.11 Å². The molecule has 0 amide bonds. The highest BCUT2D eigenvalue weighted by Crippen LogP contribution is 2.32. The summed E-state index contributed by atoms with van der Waals surface area (Å²) < 4.78 is 7.41. The Balaban J connectivity index is 2.22. The van der Waals surface area contributed by atoms with Crippen molar-refractivity contribution in [1.29, 1.82) is 0 Å². The van der Waals surface area contributed by atoms with Crippen molar-refractivity contribution in [2.24, 2.45) is 0 Å². The number of fused-ring (bicyclic) bond motifs is 1. The van der Waals surface area contributed by atoms with Crippen molar-refractivity contribution < 1.29 is 14.6 Å². The number of para-hydroxylation sites is 1. The van der Waals surface area contributed by atoms with Gasteiger partial charge in [0.15, 0.2) is 0 Å². The van der Waals surface area contributed by atoms with E-state index in [0.29, 0.717) is 6.42 Å². The summed E-state index contributed by atoms with van der Waals surface area (Å²) in [5, 5.41) is 9.05. The van der Waals surface area contributed by atoms with E-state index in [9.17, 15) is 4.79 Å². The lowest BCUT2D eigenvalue weighted by Crippen LogP contribution is -2.02. The molecule has 5 heteroatoms. The van der Waals surface area contributed by atoms with Gasteiger partial charge in [-0.05, 0) is 30.7 Å². The summed E-state index contributed by atoms with van der Waals surface area (Å²) >= 11 is 0. The fourth-order valence-electron chi connectivity index (χ4n) is 2.72. The lowest BCUT2D eigenvalue weighted by molar-refractivity contribution is -0.136. The minimum atomic E-state index is -0.821. The van der Waals surface area contributed by atoms with Crippen LogP contribution in [-0.2, 0) is 11.2 Å². The molecule has 5 nitrogen and oxygen atoms in total. The van der Waals surface area contributed by atoms with E-state index in [1.807, 2.05) is 53.9 Å². The maximum absolute atomic E-state index is 11.0. The van der Waals surface area contributed by atoms with E-state index in [1.54, 1.807) is 7.11 Å². The average molecular weight is 310 g/mol. The van der Waals surface area contributed by atoms with Crippen molar-refractivity contribution in [3.05, 3.63) is 53.9 Å². The Morgan fingerprint density at radius 3 is 2.78 bits per heavy atom. The lowest BCUT2D eigenvalue weighted by atomic mass is 10.1. The quantitative estimate of drug-likeness (QED) is 0.785.